The van der Waals surface area contributed by atoms with E-state index in [1.165, 1.54) is 12.1 Å². The Morgan fingerprint density at radius 2 is 1.75 bits per heavy atom. The van der Waals surface area contributed by atoms with Crippen LogP contribution in [0, 0.1) is 0 Å². The van der Waals surface area contributed by atoms with Crippen LogP contribution >= 0.6 is 11.8 Å². The smallest absolute Gasteiger partial charge is 0.325 e. The quantitative estimate of drug-likeness (QED) is 0.798. The summed E-state index contributed by atoms with van der Waals surface area (Å²) in [6.45, 7) is 1.88. The second-order valence-corrected chi connectivity index (χ2v) is 7.07. The number of hydrogen-bond acceptors (Lipinski definition) is 2. The van der Waals surface area contributed by atoms with Crippen LogP contribution in [0.3, 0.4) is 0 Å². The molecular weight excluding hydrogens is 290 g/mol. The first-order chi connectivity index (χ1) is 9.10. The van der Waals surface area contributed by atoms with Gasteiger partial charge in [0.2, 0.25) is 0 Å². The normalized spacial score (nSPS) is 31.3. The second-order valence-electron chi connectivity index (χ2n) is 5.66. The first kappa shape index (κ1) is 15.6. The van der Waals surface area contributed by atoms with E-state index < -0.39 is 16.7 Å². The van der Waals surface area contributed by atoms with E-state index in [1.54, 1.807) is 0 Å². The predicted octanol–water partition coefficient (Wildman–Crippen LogP) is 4.75. The minimum absolute atomic E-state index is 0.265. The summed E-state index contributed by atoms with van der Waals surface area (Å²) in [6.07, 6.45) is -2.80. The molecule has 1 fully saturated rings. The molecular formula is C14H17F4NS. The van der Waals surface area contributed by atoms with Crippen LogP contribution in [0.15, 0.2) is 29.2 Å². The molecule has 2 N–H and O–H groups in total. The lowest BCUT2D eigenvalue weighted by Crippen LogP contribution is -2.43. The minimum Gasteiger partial charge on any atom is -0.325 e. The first-order valence-corrected chi connectivity index (χ1v) is 7.25. The van der Waals surface area contributed by atoms with E-state index >= 15 is 0 Å². The zero-order chi connectivity index (χ0) is 15.0. The predicted molar refractivity (Wildman–Crippen MR) is 72.2 cm³/mol. The largest absolute Gasteiger partial charge is 0.416 e. The van der Waals surface area contributed by atoms with E-state index in [-0.39, 0.29) is 18.4 Å². The summed E-state index contributed by atoms with van der Waals surface area (Å²) in [5, 5.41) is -1.52. The molecule has 0 unspecified atom stereocenters. The van der Waals surface area contributed by atoms with Gasteiger partial charge in [-0.15, -0.1) is 0 Å². The van der Waals surface area contributed by atoms with E-state index in [0.717, 1.165) is 23.9 Å². The maximum atomic E-state index is 14.7. The fraction of sp³-hybridized carbons (Fsp3) is 0.571. The summed E-state index contributed by atoms with van der Waals surface area (Å²) >= 11 is 0.876. The zero-order valence-electron chi connectivity index (χ0n) is 11.1. The molecule has 2 rings (SSSR count). The lowest BCUT2D eigenvalue weighted by molar-refractivity contribution is -0.137. The molecule has 0 heterocycles. The zero-order valence-corrected chi connectivity index (χ0v) is 12.0. The lowest BCUT2D eigenvalue weighted by atomic mass is 9.83. The first-order valence-electron chi connectivity index (χ1n) is 6.44. The standard InChI is InChI=1S/C14H17F4NS/c1-12(19)5-7-13(15,8-6-12)20-11-4-2-3-10(9-11)14(16,17)18/h2-4,9H,5-8,19H2,1H3. The van der Waals surface area contributed by atoms with Crippen molar-refractivity contribution in [2.24, 2.45) is 5.73 Å². The van der Waals surface area contributed by atoms with Crippen molar-refractivity contribution in [1.29, 1.82) is 0 Å². The monoisotopic (exact) mass is 307 g/mol. The third kappa shape index (κ3) is 3.88. The number of nitrogens with two attached hydrogens (primary N) is 1. The molecule has 1 nitrogen and oxygen atoms in total. The van der Waals surface area contributed by atoms with Crippen molar-refractivity contribution in [3.05, 3.63) is 29.8 Å². The SMILES string of the molecule is CC1(N)CCC(F)(Sc2cccc(C(F)(F)F)c2)CC1. The lowest BCUT2D eigenvalue weighted by Gasteiger charge is -2.37. The van der Waals surface area contributed by atoms with Gasteiger partial charge in [0.1, 0.15) is 0 Å². The Balaban J connectivity index is 2.11. The molecule has 0 saturated heterocycles. The van der Waals surface area contributed by atoms with Crippen molar-refractivity contribution in [1.82, 2.24) is 0 Å². The molecule has 0 radical (unpaired) electrons. The molecule has 1 aliphatic carbocycles. The molecule has 0 aromatic heterocycles. The average Bonchev–Trinajstić information content (AvgIpc) is 2.33. The van der Waals surface area contributed by atoms with Crippen LogP contribution in [-0.2, 0) is 6.18 Å². The fourth-order valence-corrected chi connectivity index (χ4v) is 3.41. The van der Waals surface area contributed by atoms with Crippen LogP contribution < -0.4 is 5.73 Å². The van der Waals surface area contributed by atoms with Crippen LogP contribution in [0.4, 0.5) is 17.6 Å². The van der Waals surface area contributed by atoms with E-state index in [4.69, 9.17) is 5.73 Å². The highest BCUT2D eigenvalue weighted by atomic mass is 32.2. The molecule has 1 aliphatic rings. The van der Waals surface area contributed by atoms with E-state index in [9.17, 15) is 17.6 Å². The van der Waals surface area contributed by atoms with Gasteiger partial charge in [-0.05, 0) is 50.8 Å². The molecule has 1 aromatic rings. The summed E-state index contributed by atoms with van der Waals surface area (Å²) < 4.78 is 52.5. The van der Waals surface area contributed by atoms with Gasteiger partial charge in [-0.2, -0.15) is 13.2 Å². The van der Waals surface area contributed by atoms with Gasteiger partial charge in [-0.25, -0.2) is 4.39 Å². The minimum atomic E-state index is -4.40. The van der Waals surface area contributed by atoms with Crippen molar-refractivity contribution in [3.8, 4) is 0 Å². The van der Waals surface area contributed by atoms with Crippen LogP contribution in [0.1, 0.15) is 38.2 Å². The molecule has 1 saturated carbocycles. The molecule has 0 atom stereocenters. The Labute approximate surface area is 119 Å². The van der Waals surface area contributed by atoms with Gasteiger partial charge in [0.05, 0.1) is 5.56 Å². The van der Waals surface area contributed by atoms with Gasteiger partial charge in [-0.3, -0.25) is 0 Å². The molecule has 1 aromatic carbocycles. The van der Waals surface area contributed by atoms with Crippen LogP contribution in [0.25, 0.3) is 0 Å². The highest BCUT2D eigenvalue weighted by Crippen LogP contribution is 2.47. The molecule has 20 heavy (non-hydrogen) atoms. The average molecular weight is 307 g/mol. The Bertz CT molecular complexity index is 474. The van der Waals surface area contributed by atoms with Crippen molar-refractivity contribution in [2.45, 2.75) is 54.2 Å². The van der Waals surface area contributed by atoms with Crippen molar-refractivity contribution >= 4 is 11.8 Å². The topological polar surface area (TPSA) is 26.0 Å². The summed E-state index contributed by atoms with van der Waals surface area (Å²) in [5.41, 5.74) is 4.83. The molecule has 6 heteroatoms. The van der Waals surface area contributed by atoms with Crippen LogP contribution in [0.5, 0.6) is 0 Å². The van der Waals surface area contributed by atoms with Gasteiger partial charge in [-0.1, -0.05) is 17.8 Å². The fourth-order valence-electron chi connectivity index (χ4n) is 2.24. The highest BCUT2D eigenvalue weighted by molar-refractivity contribution is 8.00. The molecule has 0 bridgehead atoms. The van der Waals surface area contributed by atoms with Gasteiger partial charge in [0, 0.05) is 10.4 Å². The summed E-state index contributed by atoms with van der Waals surface area (Å²) in [7, 11) is 0. The van der Waals surface area contributed by atoms with E-state index in [2.05, 4.69) is 0 Å². The Morgan fingerprint density at radius 1 is 1.15 bits per heavy atom. The maximum Gasteiger partial charge on any atom is 0.416 e. The number of halogens is 4. The Hall–Kier alpha value is -0.750. The van der Waals surface area contributed by atoms with Gasteiger partial charge < -0.3 is 5.73 Å². The number of thioether (sulfide) groups is 1. The molecule has 0 spiro atoms. The Kier molecular flexibility index (Phi) is 4.08. The Morgan fingerprint density at radius 3 is 2.30 bits per heavy atom. The van der Waals surface area contributed by atoms with E-state index in [0.29, 0.717) is 17.7 Å². The number of rotatable bonds is 2. The van der Waals surface area contributed by atoms with E-state index in [1.807, 2.05) is 6.92 Å². The van der Waals surface area contributed by atoms with Crippen LogP contribution in [-0.4, -0.2) is 10.5 Å². The molecule has 0 amide bonds. The van der Waals surface area contributed by atoms with Crippen LogP contribution in [0.2, 0.25) is 0 Å². The third-order valence-corrected chi connectivity index (χ3v) is 4.86. The maximum absolute atomic E-state index is 14.7. The summed E-state index contributed by atoms with van der Waals surface area (Å²) in [4.78, 5) is 0.308. The third-order valence-electron chi connectivity index (χ3n) is 3.60. The summed E-state index contributed by atoms with van der Waals surface area (Å²) in [5.74, 6) is 0. The highest BCUT2D eigenvalue weighted by Gasteiger charge is 2.40. The number of hydrogen-bond donors (Lipinski definition) is 1. The summed E-state index contributed by atoms with van der Waals surface area (Å²) in [6, 6.07) is 4.82. The van der Waals surface area contributed by atoms with Crippen molar-refractivity contribution in [3.63, 3.8) is 0 Å². The van der Waals surface area contributed by atoms with Crippen molar-refractivity contribution < 1.29 is 17.6 Å². The number of alkyl halides is 4. The molecule has 0 aliphatic heterocycles. The van der Waals surface area contributed by atoms with Gasteiger partial charge in [0.25, 0.3) is 0 Å². The van der Waals surface area contributed by atoms with Gasteiger partial charge in [0.15, 0.2) is 5.00 Å². The van der Waals surface area contributed by atoms with Gasteiger partial charge >= 0.3 is 6.18 Å². The molecule has 112 valence electrons. The van der Waals surface area contributed by atoms with Crippen molar-refractivity contribution in [2.75, 3.05) is 0 Å². The number of benzene rings is 1. The second kappa shape index (κ2) is 5.22.